The fraction of sp³-hybridized carbons (Fsp3) is 0.0870. The topological polar surface area (TPSA) is 159 Å². The van der Waals surface area contributed by atoms with Crippen molar-refractivity contribution in [1.29, 1.82) is 0 Å². The van der Waals surface area contributed by atoms with E-state index in [0.717, 1.165) is 17.7 Å². The molecule has 1 amide bonds. The summed E-state index contributed by atoms with van der Waals surface area (Å²) in [7, 11) is 0. The summed E-state index contributed by atoms with van der Waals surface area (Å²) in [6.07, 6.45) is 0. The second kappa shape index (κ2) is 10.1. The quantitative estimate of drug-likeness (QED) is 0.226. The first-order valence-corrected chi connectivity index (χ1v) is 9.77. The van der Waals surface area contributed by atoms with Crippen molar-refractivity contribution in [3.05, 3.63) is 109 Å². The minimum absolute atomic E-state index is 0.0204. The number of anilines is 1. The second-order valence-corrected chi connectivity index (χ2v) is 7.08. The number of para-hydroxylation sites is 1. The molecule has 0 saturated heterocycles. The molecule has 172 valence electrons. The number of ether oxygens (including phenoxy) is 1. The maximum atomic E-state index is 12.7. The van der Waals surface area contributed by atoms with Gasteiger partial charge in [-0.3, -0.25) is 29.8 Å². The van der Waals surface area contributed by atoms with Gasteiger partial charge in [-0.25, -0.2) is 4.79 Å². The molecule has 11 heteroatoms. The highest BCUT2D eigenvalue weighted by atomic mass is 16.6. The number of hydrogen-bond donors (Lipinski definition) is 1. The van der Waals surface area contributed by atoms with Crippen LogP contribution in [0.5, 0.6) is 0 Å². The Morgan fingerprint density at radius 2 is 1.56 bits per heavy atom. The van der Waals surface area contributed by atoms with Crippen molar-refractivity contribution in [2.24, 2.45) is 0 Å². The van der Waals surface area contributed by atoms with Crippen molar-refractivity contribution in [1.82, 2.24) is 0 Å². The van der Waals surface area contributed by atoms with Gasteiger partial charge in [-0.15, -0.1) is 0 Å². The van der Waals surface area contributed by atoms with E-state index in [9.17, 15) is 34.6 Å². The summed E-state index contributed by atoms with van der Waals surface area (Å²) >= 11 is 0. The standard InChI is InChI=1S/C23H17N3O8/c1-14-6-8-15(9-7-14)21(27)13-34-23(29)17-4-2-3-5-19(17)24-22(28)18-11-10-16(25(30)31)12-20(18)26(32)33/h2-12H,13H2,1H3,(H,24,28). The van der Waals surface area contributed by atoms with Gasteiger partial charge in [0, 0.05) is 11.6 Å². The summed E-state index contributed by atoms with van der Waals surface area (Å²) in [4.78, 5) is 58.0. The number of Topliss-reactive ketones (excluding diaryl/α,β-unsaturated/α-hetero) is 1. The van der Waals surface area contributed by atoms with Crippen LogP contribution in [0.1, 0.15) is 36.6 Å². The van der Waals surface area contributed by atoms with E-state index in [2.05, 4.69) is 5.32 Å². The molecule has 11 nitrogen and oxygen atoms in total. The van der Waals surface area contributed by atoms with Crippen LogP contribution in [0.2, 0.25) is 0 Å². The summed E-state index contributed by atoms with van der Waals surface area (Å²) in [5.41, 5.74) is -0.531. The van der Waals surface area contributed by atoms with Crippen molar-refractivity contribution in [3.63, 3.8) is 0 Å². The number of benzene rings is 3. The van der Waals surface area contributed by atoms with Crippen LogP contribution in [-0.2, 0) is 4.74 Å². The molecule has 3 aromatic carbocycles. The monoisotopic (exact) mass is 463 g/mol. The molecule has 0 aromatic heterocycles. The highest BCUT2D eigenvalue weighted by molar-refractivity contribution is 6.10. The molecule has 0 unspecified atom stereocenters. The first-order valence-electron chi connectivity index (χ1n) is 9.77. The molecule has 0 heterocycles. The Morgan fingerprint density at radius 3 is 2.21 bits per heavy atom. The van der Waals surface area contributed by atoms with Crippen molar-refractivity contribution in [3.8, 4) is 0 Å². The predicted molar refractivity (Wildman–Crippen MR) is 120 cm³/mol. The van der Waals surface area contributed by atoms with Crippen LogP contribution in [0.3, 0.4) is 0 Å². The normalized spacial score (nSPS) is 10.3. The Morgan fingerprint density at radius 1 is 0.882 bits per heavy atom. The Bertz CT molecular complexity index is 1300. The summed E-state index contributed by atoms with van der Waals surface area (Å²) in [6, 6.07) is 15.0. The zero-order valence-corrected chi connectivity index (χ0v) is 17.7. The number of ketones is 1. The Labute approximate surface area is 192 Å². The van der Waals surface area contributed by atoms with Crippen molar-refractivity contribution >= 4 is 34.7 Å². The van der Waals surface area contributed by atoms with Crippen LogP contribution in [0.4, 0.5) is 17.1 Å². The number of non-ortho nitro benzene ring substituents is 1. The lowest BCUT2D eigenvalue weighted by Crippen LogP contribution is -2.19. The summed E-state index contributed by atoms with van der Waals surface area (Å²) in [5, 5.41) is 24.6. The minimum Gasteiger partial charge on any atom is -0.454 e. The molecule has 3 aromatic rings. The lowest BCUT2D eigenvalue weighted by atomic mass is 10.1. The Kier molecular flexibility index (Phi) is 7.07. The number of nitrogens with zero attached hydrogens (tertiary/aromatic N) is 2. The van der Waals surface area contributed by atoms with E-state index >= 15 is 0 Å². The SMILES string of the molecule is Cc1ccc(C(=O)COC(=O)c2ccccc2NC(=O)c2ccc([N+](=O)[O-])cc2[N+](=O)[O-])cc1. The number of carbonyl (C=O) groups is 3. The second-order valence-electron chi connectivity index (χ2n) is 7.08. The molecule has 0 bridgehead atoms. The molecule has 0 aliphatic rings. The number of hydrogen-bond acceptors (Lipinski definition) is 8. The van der Waals surface area contributed by atoms with Crippen LogP contribution in [0.15, 0.2) is 66.7 Å². The molecular weight excluding hydrogens is 446 g/mol. The van der Waals surface area contributed by atoms with Crippen LogP contribution < -0.4 is 5.32 Å². The zero-order chi connectivity index (χ0) is 24.8. The third-order valence-corrected chi connectivity index (χ3v) is 4.74. The van der Waals surface area contributed by atoms with E-state index in [1.165, 1.54) is 24.3 Å². The average Bonchev–Trinajstić information content (AvgIpc) is 2.82. The Hall–Kier alpha value is -4.93. The number of amides is 1. The van der Waals surface area contributed by atoms with Gasteiger partial charge in [-0.1, -0.05) is 42.0 Å². The van der Waals surface area contributed by atoms with E-state index in [1.54, 1.807) is 24.3 Å². The molecule has 34 heavy (non-hydrogen) atoms. The molecule has 0 radical (unpaired) electrons. The number of nitro benzene ring substituents is 2. The van der Waals surface area contributed by atoms with Crippen LogP contribution in [0, 0.1) is 27.2 Å². The predicted octanol–water partition coefficient (Wildman–Crippen LogP) is 4.10. The number of rotatable bonds is 8. The largest absolute Gasteiger partial charge is 0.454 e. The van der Waals surface area contributed by atoms with Crippen LogP contribution in [0.25, 0.3) is 0 Å². The van der Waals surface area contributed by atoms with Gasteiger partial charge in [0.25, 0.3) is 17.3 Å². The number of aryl methyl sites for hydroxylation is 1. The van der Waals surface area contributed by atoms with Crippen molar-refractivity contribution in [2.75, 3.05) is 11.9 Å². The first kappa shape index (κ1) is 23.7. The molecule has 0 atom stereocenters. The van der Waals surface area contributed by atoms with Crippen molar-refractivity contribution in [2.45, 2.75) is 6.92 Å². The van der Waals surface area contributed by atoms with Gasteiger partial charge in [0.15, 0.2) is 12.4 Å². The van der Waals surface area contributed by atoms with E-state index < -0.39 is 51.1 Å². The highest BCUT2D eigenvalue weighted by Gasteiger charge is 2.25. The summed E-state index contributed by atoms with van der Waals surface area (Å²) in [5.74, 6) is -2.27. The van der Waals surface area contributed by atoms with Crippen molar-refractivity contribution < 1.29 is 29.0 Å². The third-order valence-electron chi connectivity index (χ3n) is 4.74. The molecular formula is C23H17N3O8. The van der Waals surface area contributed by atoms with Gasteiger partial charge in [-0.05, 0) is 25.1 Å². The summed E-state index contributed by atoms with van der Waals surface area (Å²) < 4.78 is 5.08. The number of esters is 1. The Balaban J connectivity index is 1.77. The lowest BCUT2D eigenvalue weighted by Gasteiger charge is -2.11. The van der Waals surface area contributed by atoms with Crippen LogP contribution in [-0.4, -0.2) is 34.1 Å². The lowest BCUT2D eigenvalue weighted by molar-refractivity contribution is -0.394. The number of nitrogens with one attached hydrogen (secondary N) is 1. The third kappa shape index (κ3) is 5.46. The minimum atomic E-state index is -0.961. The molecule has 3 rings (SSSR count). The van der Waals surface area contributed by atoms with E-state index in [-0.39, 0.29) is 11.3 Å². The fourth-order valence-electron chi connectivity index (χ4n) is 2.97. The number of carbonyl (C=O) groups excluding carboxylic acids is 3. The molecule has 1 N–H and O–H groups in total. The van der Waals surface area contributed by atoms with Gasteiger partial charge in [0.05, 0.1) is 27.2 Å². The van der Waals surface area contributed by atoms with E-state index in [4.69, 9.17) is 4.74 Å². The summed E-state index contributed by atoms with van der Waals surface area (Å²) in [6.45, 7) is 1.34. The van der Waals surface area contributed by atoms with Crippen LogP contribution >= 0.6 is 0 Å². The average molecular weight is 463 g/mol. The highest BCUT2D eigenvalue weighted by Crippen LogP contribution is 2.26. The molecule has 0 saturated carbocycles. The van der Waals surface area contributed by atoms with Gasteiger partial charge in [0.1, 0.15) is 5.56 Å². The molecule has 0 aliphatic carbocycles. The van der Waals surface area contributed by atoms with E-state index in [0.29, 0.717) is 11.6 Å². The van der Waals surface area contributed by atoms with Gasteiger partial charge in [0.2, 0.25) is 0 Å². The van der Waals surface area contributed by atoms with Gasteiger partial charge in [-0.2, -0.15) is 0 Å². The van der Waals surface area contributed by atoms with Gasteiger partial charge < -0.3 is 10.1 Å². The molecule has 0 aliphatic heterocycles. The van der Waals surface area contributed by atoms with E-state index in [1.807, 2.05) is 6.92 Å². The number of nitro groups is 2. The fourth-order valence-corrected chi connectivity index (χ4v) is 2.97. The van der Waals surface area contributed by atoms with Gasteiger partial charge >= 0.3 is 5.97 Å². The molecule has 0 spiro atoms. The zero-order valence-electron chi connectivity index (χ0n) is 17.7. The maximum Gasteiger partial charge on any atom is 0.340 e. The smallest absolute Gasteiger partial charge is 0.340 e. The first-order chi connectivity index (χ1) is 16.2. The molecule has 0 fully saturated rings. The maximum absolute atomic E-state index is 12.7.